The molecule has 0 saturated carbocycles. The lowest BCUT2D eigenvalue weighted by molar-refractivity contribution is -0.274. The Hall–Kier alpha value is -4.01. The summed E-state index contributed by atoms with van der Waals surface area (Å²) in [5.41, 5.74) is 1.61. The van der Waals surface area contributed by atoms with Gasteiger partial charge >= 0.3 is 6.36 Å². The highest BCUT2D eigenvalue weighted by molar-refractivity contribution is 6.05. The largest absolute Gasteiger partial charge is 0.573 e. The fraction of sp³-hybridized carbons (Fsp3) is 0.0909. The van der Waals surface area contributed by atoms with Gasteiger partial charge in [0.25, 0.3) is 5.91 Å². The zero-order chi connectivity index (χ0) is 21.8. The lowest BCUT2D eigenvalue weighted by Gasteiger charge is -2.14. The van der Waals surface area contributed by atoms with E-state index in [1.807, 2.05) is 35.0 Å². The Labute approximate surface area is 174 Å². The summed E-state index contributed by atoms with van der Waals surface area (Å²) >= 11 is 0. The summed E-state index contributed by atoms with van der Waals surface area (Å²) in [5.74, 6) is -0.677. The van der Waals surface area contributed by atoms with Gasteiger partial charge in [0.1, 0.15) is 18.0 Å². The van der Waals surface area contributed by atoms with Crippen LogP contribution < -0.4 is 14.8 Å². The molecule has 0 aliphatic carbocycles. The van der Waals surface area contributed by atoms with Crippen LogP contribution in [0.5, 0.6) is 11.5 Å². The standard InChI is InChI=1S/C22H16F3N3O3/c23-22(24,25)31-19-9-2-1-8-18(19)27-21(29)15-6-5-7-17(12-15)30-14-16-13-28-11-4-3-10-20(28)26-16/h1-13H,14H2,(H,27,29). The highest BCUT2D eigenvalue weighted by Crippen LogP contribution is 2.30. The number of carbonyl (C=O) groups is 1. The predicted octanol–water partition coefficient (Wildman–Crippen LogP) is 5.06. The molecule has 0 spiro atoms. The van der Waals surface area contributed by atoms with Crippen molar-refractivity contribution in [3.8, 4) is 11.5 Å². The fourth-order valence-corrected chi connectivity index (χ4v) is 2.92. The van der Waals surface area contributed by atoms with Crippen molar-refractivity contribution in [2.75, 3.05) is 5.32 Å². The Morgan fingerprint density at radius 1 is 1.03 bits per heavy atom. The monoisotopic (exact) mass is 427 g/mol. The van der Waals surface area contributed by atoms with Crippen molar-refractivity contribution >= 4 is 17.2 Å². The van der Waals surface area contributed by atoms with Crippen LogP contribution in [-0.2, 0) is 6.61 Å². The highest BCUT2D eigenvalue weighted by Gasteiger charge is 2.32. The Balaban J connectivity index is 1.45. The lowest BCUT2D eigenvalue weighted by Crippen LogP contribution is -2.19. The summed E-state index contributed by atoms with van der Waals surface area (Å²) in [6.07, 6.45) is -1.16. The van der Waals surface area contributed by atoms with E-state index in [1.165, 1.54) is 30.3 Å². The minimum atomic E-state index is -4.87. The van der Waals surface area contributed by atoms with Gasteiger partial charge in [-0.2, -0.15) is 0 Å². The van der Waals surface area contributed by atoms with E-state index in [9.17, 15) is 18.0 Å². The number of carbonyl (C=O) groups excluding carboxylic acids is 1. The number of nitrogens with one attached hydrogen (secondary N) is 1. The van der Waals surface area contributed by atoms with Crippen LogP contribution in [0.2, 0.25) is 0 Å². The third-order valence-electron chi connectivity index (χ3n) is 4.26. The highest BCUT2D eigenvalue weighted by atomic mass is 19.4. The summed E-state index contributed by atoms with van der Waals surface area (Å²) in [7, 11) is 0. The molecule has 0 bridgehead atoms. The molecule has 0 radical (unpaired) electrons. The first kappa shape index (κ1) is 20.3. The molecule has 31 heavy (non-hydrogen) atoms. The Kier molecular flexibility index (Phi) is 5.48. The molecule has 0 unspecified atom stereocenters. The summed E-state index contributed by atoms with van der Waals surface area (Å²) in [6, 6.07) is 17.3. The molecule has 4 rings (SSSR count). The minimum Gasteiger partial charge on any atom is -0.487 e. The maximum atomic E-state index is 12.6. The van der Waals surface area contributed by atoms with E-state index in [0.29, 0.717) is 11.4 Å². The molecule has 2 heterocycles. The third kappa shape index (κ3) is 5.13. The molecule has 1 N–H and O–H groups in total. The van der Waals surface area contributed by atoms with Crippen LogP contribution in [0.15, 0.2) is 79.1 Å². The molecule has 0 fully saturated rings. The van der Waals surface area contributed by atoms with Gasteiger partial charge in [0.2, 0.25) is 0 Å². The van der Waals surface area contributed by atoms with Crippen LogP contribution in [-0.4, -0.2) is 21.7 Å². The number of hydrogen-bond acceptors (Lipinski definition) is 4. The average molecular weight is 427 g/mol. The van der Waals surface area contributed by atoms with Crippen LogP contribution in [0.1, 0.15) is 16.1 Å². The third-order valence-corrected chi connectivity index (χ3v) is 4.26. The van der Waals surface area contributed by atoms with Crippen molar-refractivity contribution in [3.05, 3.63) is 90.4 Å². The molecule has 6 nitrogen and oxygen atoms in total. The second-order valence-electron chi connectivity index (χ2n) is 6.51. The molecular weight excluding hydrogens is 411 g/mol. The topological polar surface area (TPSA) is 64.9 Å². The van der Waals surface area contributed by atoms with Gasteiger partial charge in [-0.15, -0.1) is 13.2 Å². The maximum absolute atomic E-state index is 12.6. The average Bonchev–Trinajstić information content (AvgIpc) is 3.16. The number of rotatable bonds is 6. The molecule has 2 aromatic heterocycles. The molecule has 1 amide bonds. The van der Waals surface area contributed by atoms with Crippen LogP contribution >= 0.6 is 0 Å². The molecule has 158 valence electrons. The Morgan fingerprint density at radius 3 is 2.65 bits per heavy atom. The van der Waals surface area contributed by atoms with Crippen LogP contribution in [0.4, 0.5) is 18.9 Å². The van der Waals surface area contributed by atoms with Gasteiger partial charge in [0.05, 0.1) is 11.4 Å². The Bertz CT molecular complexity index is 1190. The first-order valence-corrected chi connectivity index (χ1v) is 9.19. The zero-order valence-corrected chi connectivity index (χ0v) is 16.0. The number of nitrogens with zero attached hydrogens (tertiary/aromatic N) is 2. The summed E-state index contributed by atoms with van der Waals surface area (Å²) in [5, 5.41) is 2.43. The summed E-state index contributed by atoms with van der Waals surface area (Å²) in [6.45, 7) is 0.189. The number of ether oxygens (including phenoxy) is 2. The number of anilines is 1. The number of fused-ring (bicyclic) bond motifs is 1. The first-order chi connectivity index (χ1) is 14.9. The van der Waals surface area contributed by atoms with E-state index < -0.39 is 18.0 Å². The second kappa shape index (κ2) is 8.39. The number of hydrogen-bond donors (Lipinski definition) is 1. The first-order valence-electron chi connectivity index (χ1n) is 9.19. The number of aromatic nitrogens is 2. The summed E-state index contributed by atoms with van der Waals surface area (Å²) < 4.78 is 49.3. The molecule has 0 aliphatic rings. The fourth-order valence-electron chi connectivity index (χ4n) is 2.92. The van der Waals surface area contributed by atoms with E-state index in [4.69, 9.17) is 4.74 Å². The molecular formula is C22H16F3N3O3. The molecule has 9 heteroatoms. The number of halogens is 3. The maximum Gasteiger partial charge on any atom is 0.573 e. The van der Waals surface area contributed by atoms with Gasteiger partial charge in [-0.3, -0.25) is 4.79 Å². The van der Waals surface area contributed by atoms with Crippen molar-refractivity contribution < 1.29 is 27.4 Å². The number of benzene rings is 2. The Morgan fingerprint density at radius 2 is 1.84 bits per heavy atom. The van der Waals surface area contributed by atoms with Crippen LogP contribution in [0.3, 0.4) is 0 Å². The lowest BCUT2D eigenvalue weighted by atomic mass is 10.2. The zero-order valence-electron chi connectivity index (χ0n) is 16.0. The summed E-state index contributed by atoms with van der Waals surface area (Å²) in [4.78, 5) is 17.0. The van der Waals surface area contributed by atoms with Gasteiger partial charge in [0.15, 0.2) is 5.75 Å². The second-order valence-corrected chi connectivity index (χ2v) is 6.51. The van der Waals surface area contributed by atoms with Crippen molar-refractivity contribution in [2.45, 2.75) is 13.0 Å². The molecule has 0 saturated heterocycles. The van der Waals surface area contributed by atoms with Crippen molar-refractivity contribution in [2.24, 2.45) is 0 Å². The van der Waals surface area contributed by atoms with Gasteiger partial charge in [-0.1, -0.05) is 24.3 Å². The molecule has 4 aromatic rings. The van der Waals surface area contributed by atoms with E-state index >= 15 is 0 Å². The number of amides is 1. The van der Waals surface area contributed by atoms with Gasteiger partial charge in [-0.05, 0) is 42.5 Å². The normalized spacial score (nSPS) is 11.3. The molecule has 0 aliphatic heterocycles. The van der Waals surface area contributed by atoms with Crippen molar-refractivity contribution in [1.82, 2.24) is 9.38 Å². The number of imidazole rings is 1. The van der Waals surface area contributed by atoms with Crippen molar-refractivity contribution in [1.29, 1.82) is 0 Å². The van der Waals surface area contributed by atoms with E-state index in [2.05, 4.69) is 15.0 Å². The molecule has 2 aromatic carbocycles. The van der Waals surface area contributed by atoms with Gasteiger partial charge in [0, 0.05) is 18.0 Å². The van der Waals surface area contributed by atoms with Gasteiger partial charge < -0.3 is 19.2 Å². The number of pyridine rings is 1. The van der Waals surface area contributed by atoms with Crippen LogP contribution in [0.25, 0.3) is 5.65 Å². The van der Waals surface area contributed by atoms with E-state index in [-0.39, 0.29) is 17.9 Å². The number of alkyl halides is 3. The molecule has 0 atom stereocenters. The van der Waals surface area contributed by atoms with E-state index in [1.54, 1.807) is 12.1 Å². The SMILES string of the molecule is O=C(Nc1ccccc1OC(F)(F)F)c1cccc(OCc2cn3ccccc3n2)c1. The van der Waals surface area contributed by atoms with E-state index in [0.717, 1.165) is 11.7 Å². The predicted molar refractivity (Wildman–Crippen MR) is 107 cm³/mol. The smallest absolute Gasteiger partial charge is 0.487 e. The number of para-hydroxylation sites is 2. The van der Waals surface area contributed by atoms with Gasteiger partial charge in [-0.25, -0.2) is 4.98 Å². The van der Waals surface area contributed by atoms with Crippen molar-refractivity contribution in [3.63, 3.8) is 0 Å². The minimum absolute atomic E-state index is 0.0964. The van der Waals surface area contributed by atoms with Crippen LogP contribution in [0, 0.1) is 0 Å². The quantitative estimate of drug-likeness (QED) is 0.467.